The van der Waals surface area contributed by atoms with Crippen LogP contribution in [-0.2, 0) is 11.2 Å². The van der Waals surface area contributed by atoms with Crippen molar-refractivity contribution in [2.45, 2.75) is 70.4 Å². The minimum absolute atomic E-state index is 0.126. The highest BCUT2D eigenvalue weighted by Gasteiger charge is 2.31. The Bertz CT molecular complexity index is 873. The molecule has 0 aliphatic heterocycles. The lowest BCUT2D eigenvalue weighted by Crippen LogP contribution is -2.47. The summed E-state index contributed by atoms with van der Waals surface area (Å²) in [6.45, 7) is 3.61. The van der Waals surface area contributed by atoms with Crippen molar-refractivity contribution in [2.24, 2.45) is 10.9 Å². The average Bonchev–Trinajstić information content (AvgIpc) is 3.48. The number of rotatable bonds is 8. The lowest BCUT2D eigenvalue weighted by atomic mass is 9.85. The normalized spacial score (nSPS) is 22.1. The number of nitrogens with zero attached hydrogens (tertiary/aromatic N) is 4. The van der Waals surface area contributed by atoms with Gasteiger partial charge in [0.15, 0.2) is 11.6 Å². The van der Waals surface area contributed by atoms with Crippen LogP contribution in [0.4, 0.5) is 0 Å². The molecule has 3 N–H and O–H groups in total. The third-order valence-electron chi connectivity index (χ3n) is 5.87. The summed E-state index contributed by atoms with van der Waals surface area (Å²) in [7, 11) is 0. The standard InChI is InChI=1S/C22H33N7O/c1-2-23-22(24-13-6-10-20-28-27-19-9-3-4-14-29(19)20)26-18-8-5-7-16(15-18)21(30)25-17-11-12-17/h3-4,9,14,16-18H,2,5-8,10-13,15H2,1H3,(H,25,30)(H2,23,24,26). The molecule has 0 saturated heterocycles. The van der Waals surface area contributed by atoms with Gasteiger partial charge in [-0.25, -0.2) is 0 Å². The number of hydrogen-bond donors (Lipinski definition) is 3. The molecule has 2 aliphatic rings. The van der Waals surface area contributed by atoms with Crippen molar-refractivity contribution >= 4 is 17.5 Å². The molecule has 2 aromatic rings. The molecule has 2 fully saturated rings. The fraction of sp³-hybridized carbons (Fsp3) is 0.636. The maximum Gasteiger partial charge on any atom is 0.223 e. The Morgan fingerprint density at radius 2 is 2.07 bits per heavy atom. The smallest absolute Gasteiger partial charge is 0.223 e. The molecule has 2 atom stereocenters. The molecule has 2 aromatic heterocycles. The lowest BCUT2D eigenvalue weighted by Gasteiger charge is -2.30. The van der Waals surface area contributed by atoms with Gasteiger partial charge in [0, 0.05) is 43.7 Å². The fourth-order valence-electron chi connectivity index (χ4n) is 4.11. The first-order valence-electron chi connectivity index (χ1n) is 11.4. The number of amides is 1. The van der Waals surface area contributed by atoms with Crippen LogP contribution in [0.2, 0.25) is 0 Å². The quantitative estimate of drug-likeness (QED) is 0.351. The van der Waals surface area contributed by atoms with Crippen LogP contribution in [0.1, 0.15) is 57.7 Å². The van der Waals surface area contributed by atoms with Crippen molar-refractivity contribution in [1.82, 2.24) is 30.5 Å². The summed E-state index contributed by atoms with van der Waals surface area (Å²) in [5.41, 5.74) is 0.878. The summed E-state index contributed by atoms with van der Waals surface area (Å²) in [6.07, 6.45) is 10.1. The van der Waals surface area contributed by atoms with E-state index >= 15 is 0 Å². The van der Waals surface area contributed by atoms with E-state index < -0.39 is 0 Å². The van der Waals surface area contributed by atoms with Crippen molar-refractivity contribution in [1.29, 1.82) is 0 Å². The Morgan fingerprint density at radius 3 is 2.90 bits per heavy atom. The van der Waals surface area contributed by atoms with E-state index in [1.54, 1.807) is 0 Å². The highest BCUT2D eigenvalue weighted by molar-refractivity contribution is 5.81. The van der Waals surface area contributed by atoms with Crippen molar-refractivity contribution in [3.8, 4) is 0 Å². The van der Waals surface area contributed by atoms with Crippen molar-refractivity contribution in [3.63, 3.8) is 0 Å². The van der Waals surface area contributed by atoms with Crippen LogP contribution in [0, 0.1) is 5.92 Å². The zero-order chi connectivity index (χ0) is 20.8. The van der Waals surface area contributed by atoms with E-state index in [2.05, 4.69) is 33.1 Å². The Kier molecular flexibility index (Phi) is 6.81. The molecule has 2 unspecified atom stereocenters. The van der Waals surface area contributed by atoms with E-state index in [0.717, 1.165) is 81.9 Å². The summed E-state index contributed by atoms with van der Waals surface area (Å²) in [4.78, 5) is 17.2. The molecule has 0 bridgehead atoms. The van der Waals surface area contributed by atoms with Crippen LogP contribution in [0.25, 0.3) is 5.65 Å². The Balaban J connectivity index is 1.27. The second-order valence-corrected chi connectivity index (χ2v) is 8.40. The zero-order valence-corrected chi connectivity index (χ0v) is 17.8. The highest BCUT2D eigenvalue weighted by Crippen LogP contribution is 2.26. The predicted molar refractivity (Wildman–Crippen MR) is 117 cm³/mol. The van der Waals surface area contributed by atoms with Crippen LogP contribution >= 0.6 is 0 Å². The Morgan fingerprint density at radius 1 is 1.17 bits per heavy atom. The van der Waals surface area contributed by atoms with Crippen molar-refractivity contribution < 1.29 is 4.79 Å². The number of nitrogens with one attached hydrogen (secondary N) is 3. The number of carbonyl (C=O) groups excluding carboxylic acids is 1. The van der Waals surface area contributed by atoms with E-state index in [1.165, 1.54) is 0 Å². The number of aromatic nitrogens is 3. The number of guanidine groups is 1. The second kappa shape index (κ2) is 9.91. The molecule has 0 spiro atoms. The van der Waals surface area contributed by atoms with Gasteiger partial charge in [-0.2, -0.15) is 0 Å². The maximum absolute atomic E-state index is 12.4. The summed E-state index contributed by atoms with van der Waals surface area (Å²) in [6, 6.07) is 6.66. The molecule has 1 amide bonds. The minimum atomic E-state index is 0.126. The van der Waals surface area contributed by atoms with Gasteiger partial charge in [-0.1, -0.05) is 12.5 Å². The van der Waals surface area contributed by atoms with Crippen LogP contribution in [0.5, 0.6) is 0 Å². The van der Waals surface area contributed by atoms with E-state index in [-0.39, 0.29) is 11.8 Å². The van der Waals surface area contributed by atoms with Gasteiger partial charge in [-0.3, -0.25) is 14.2 Å². The molecule has 4 rings (SSSR count). The number of fused-ring (bicyclic) bond motifs is 1. The molecule has 8 nitrogen and oxygen atoms in total. The fourth-order valence-corrected chi connectivity index (χ4v) is 4.11. The first-order chi connectivity index (χ1) is 14.7. The monoisotopic (exact) mass is 411 g/mol. The molecule has 2 heterocycles. The highest BCUT2D eigenvalue weighted by atomic mass is 16.2. The van der Waals surface area contributed by atoms with E-state index in [9.17, 15) is 4.79 Å². The second-order valence-electron chi connectivity index (χ2n) is 8.40. The largest absolute Gasteiger partial charge is 0.357 e. The van der Waals surface area contributed by atoms with E-state index in [0.29, 0.717) is 12.1 Å². The SMILES string of the molecule is CCNC(=NCCCc1nnc2ccccn12)NC1CCCC(C(=O)NC2CC2)C1. The number of pyridine rings is 1. The van der Waals surface area contributed by atoms with E-state index in [1.807, 2.05) is 28.8 Å². The van der Waals surface area contributed by atoms with Gasteiger partial charge >= 0.3 is 0 Å². The van der Waals surface area contributed by atoms with E-state index in [4.69, 9.17) is 4.99 Å². The zero-order valence-electron chi connectivity index (χ0n) is 17.8. The maximum atomic E-state index is 12.4. The van der Waals surface area contributed by atoms with Crippen molar-refractivity contribution in [2.75, 3.05) is 13.1 Å². The molecular weight excluding hydrogens is 378 g/mol. The first kappa shape index (κ1) is 20.6. The van der Waals surface area contributed by atoms with Crippen LogP contribution in [-0.4, -0.2) is 51.6 Å². The molecule has 162 valence electrons. The molecule has 2 aliphatic carbocycles. The van der Waals surface area contributed by atoms with Crippen LogP contribution in [0.15, 0.2) is 29.4 Å². The third-order valence-corrected chi connectivity index (χ3v) is 5.87. The summed E-state index contributed by atoms with van der Waals surface area (Å²) in [5, 5.41) is 18.6. The molecule has 2 saturated carbocycles. The molecule has 30 heavy (non-hydrogen) atoms. The molecule has 0 radical (unpaired) electrons. The summed E-state index contributed by atoms with van der Waals surface area (Å²) < 4.78 is 2.03. The topological polar surface area (TPSA) is 95.7 Å². The van der Waals surface area contributed by atoms with Crippen molar-refractivity contribution in [3.05, 3.63) is 30.2 Å². The Labute approximate surface area is 177 Å². The van der Waals surface area contributed by atoms with Gasteiger partial charge < -0.3 is 16.0 Å². The number of aliphatic imine (C=N–C) groups is 1. The van der Waals surface area contributed by atoms with Gasteiger partial charge in [0.1, 0.15) is 5.82 Å². The van der Waals surface area contributed by atoms with Crippen LogP contribution in [0.3, 0.4) is 0 Å². The molecule has 0 aromatic carbocycles. The minimum Gasteiger partial charge on any atom is -0.357 e. The van der Waals surface area contributed by atoms with Gasteiger partial charge in [-0.05, 0) is 57.6 Å². The third kappa shape index (κ3) is 5.49. The first-order valence-corrected chi connectivity index (χ1v) is 11.4. The van der Waals surface area contributed by atoms with Gasteiger partial charge in [0.2, 0.25) is 5.91 Å². The summed E-state index contributed by atoms with van der Waals surface area (Å²) in [5.74, 6) is 2.18. The van der Waals surface area contributed by atoms with Gasteiger partial charge in [0.05, 0.1) is 0 Å². The molecular formula is C22H33N7O. The average molecular weight is 412 g/mol. The molecule has 8 heteroatoms. The Hall–Kier alpha value is -2.64. The summed E-state index contributed by atoms with van der Waals surface area (Å²) >= 11 is 0. The predicted octanol–water partition coefficient (Wildman–Crippen LogP) is 2.05. The number of carbonyl (C=O) groups is 1. The van der Waals surface area contributed by atoms with Gasteiger partial charge in [0.25, 0.3) is 0 Å². The number of hydrogen-bond acceptors (Lipinski definition) is 4. The van der Waals surface area contributed by atoms with Gasteiger partial charge in [-0.15, -0.1) is 10.2 Å². The van der Waals surface area contributed by atoms with Crippen LogP contribution < -0.4 is 16.0 Å². The lowest BCUT2D eigenvalue weighted by molar-refractivity contribution is -0.126. The number of aryl methyl sites for hydroxylation is 1.